The number of aliphatic hydroxyl groups excluding tert-OH is 1. The second-order valence-corrected chi connectivity index (χ2v) is 5.79. The van der Waals surface area contributed by atoms with Crippen molar-refractivity contribution in [2.75, 3.05) is 6.61 Å². The SMILES string of the molecule is CC(C)C(=O)C(c1ccccc1)C(CO)c1ccc(F)cc1. The molecule has 2 unspecified atom stereocenters. The van der Waals surface area contributed by atoms with Gasteiger partial charge in [-0.05, 0) is 23.3 Å². The Morgan fingerprint density at radius 2 is 1.59 bits per heavy atom. The van der Waals surface area contributed by atoms with Gasteiger partial charge in [0.25, 0.3) is 0 Å². The zero-order valence-electron chi connectivity index (χ0n) is 12.9. The van der Waals surface area contributed by atoms with Crippen LogP contribution in [-0.2, 0) is 4.79 Å². The lowest BCUT2D eigenvalue weighted by Gasteiger charge is -2.27. The Hall–Kier alpha value is -2.00. The van der Waals surface area contributed by atoms with Gasteiger partial charge in [-0.2, -0.15) is 0 Å². The van der Waals surface area contributed by atoms with Gasteiger partial charge in [0.05, 0.1) is 12.5 Å². The largest absolute Gasteiger partial charge is 0.396 e. The lowest BCUT2D eigenvalue weighted by molar-refractivity contribution is -0.124. The fraction of sp³-hybridized carbons (Fsp3) is 0.316. The van der Waals surface area contributed by atoms with Crippen LogP contribution in [0.15, 0.2) is 54.6 Å². The highest BCUT2D eigenvalue weighted by Crippen LogP contribution is 2.35. The highest BCUT2D eigenvalue weighted by Gasteiger charge is 2.31. The van der Waals surface area contributed by atoms with E-state index in [-0.39, 0.29) is 30.0 Å². The molecule has 0 aliphatic carbocycles. The van der Waals surface area contributed by atoms with Crippen LogP contribution in [-0.4, -0.2) is 17.5 Å². The first-order chi connectivity index (χ1) is 10.5. The molecule has 0 spiro atoms. The molecule has 2 aromatic rings. The lowest BCUT2D eigenvalue weighted by atomic mass is 9.76. The Labute approximate surface area is 130 Å². The molecule has 2 atom stereocenters. The molecule has 2 nitrogen and oxygen atoms in total. The molecular weight excluding hydrogens is 279 g/mol. The minimum atomic E-state index is -0.434. The third-order valence-electron chi connectivity index (χ3n) is 3.93. The number of carbonyl (C=O) groups excluding carboxylic acids is 1. The van der Waals surface area contributed by atoms with Crippen LogP contribution >= 0.6 is 0 Å². The minimum absolute atomic E-state index is 0.0783. The molecule has 0 saturated carbocycles. The molecule has 0 bridgehead atoms. The highest BCUT2D eigenvalue weighted by atomic mass is 19.1. The maximum absolute atomic E-state index is 13.1. The predicted octanol–water partition coefficient (Wildman–Crippen LogP) is 3.91. The Morgan fingerprint density at radius 1 is 1.00 bits per heavy atom. The summed E-state index contributed by atoms with van der Waals surface area (Å²) in [6, 6.07) is 15.5. The Morgan fingerprint density at radius 3 is 2.09 bits per heavy atom. The van der Waals surface area contributed by atoms with Crippen molar-refractivity contribution >= 4 is 5.78 Å². The number of carbonyl (C=O) groups is 1. The van der Waals surface area contributed by atoms with E-state index in [1.807, 2.05) is 44.2 Å². The van der Waals surface area contributed by atoms with Crippen LogP contribution in [0.3, 0.4) is 0 Å². The van der Waals surface area contributed by atoms with Crippen molar-refractivity contribution in [2.24, 2.45) is 5.92 Å². The van der Waals surface area contributed by atoms with E-state index in [2.05, 4.69) is 0 Å². The van der Waals surface area contributed by atoms with E-state index < -0.39 is 5.92 Å². The summed E-state index contributed by atoms with van der Waals surface area (Å²) < 4.78 is 13.1. The molecule has 116 valence electrons. The normalized spacial score (nSPS) is 13.9. The molecule has 1 N–H and O–H groups in total. The molecular formula is C19H21FO2. The van der Waals surface area contributed by atoms with Crippen molar-refractivity contribution < 1.29 is 14.3 Å². The molecule has 0 radical (unpaired) electrons. The Bertz CT molecular complexity index is 605. The molecule has 0 heterocycles. The number of benzene rings is 2. The fourth-order valence-corrected chi connectivity index (χ4v) is 2.73. The molecule has 0 fully saturated rings. The maximum Gasteiger partial charge on any atom is 0.143 e. The summed E-state index contributed by atoms with van der Waals surface area (Å²) in [4.78, 5) is 12.7. The predicted molar refractivity (Wildman–Crippen MR) is 85.3 cm³/mol. The zero-order chi connectivity index (χ0) is 16.1. The Balaban J connectivity index is 2.46. The lowest BCUT2D eigenvalue weighted by Crippen LogP contribution is -2.26. The zero-order valence-corrected chi connectivity index (χ0v) is 12.9. The van der Waals surface area contributed by atoms with Crippen LogP contribution < -0.4 is 0 Å². The quantitative estimate of drug-likeness (QED) is 0.878. The molecule has 0 aromatic heterocycles. The number of ketones is 1. The van der Waals surface area contributed by atoms with E-state index in [4.69, 9.17) is 0 Å². The van der Waals surface area contributed by atoms with Gasteiger partial charge in [0.1, 0.15) is 11.6 Å². The van der Waals surface area contributed by atoms with Crippen molar-refractivity contribution in [1.29, 1.82) is 0 Å². The van der Waals surface area contributed by atoms with E-state index in [1.54, 1.807) is 12.1 Å². The second kappa shape index (κ2) is 7.32. The molecule has 3 heteroatoms. The van der Waals surface area contributed by atoms with E-state index in [0.717, 1.165) is 11.1 Å². The molecule has 0 saturated heterocycles. The topological polar surface area (TPSA) is 37.3 Å². The second-order valence-electron chi connectivity index (χ2n) is 5.79. The number of Topliss-reactive ketones (excluding diaryl/α,β-unsaturated/α-hetero) is 1. The summed E-state index contributed by atoms with van der Waals surface area (Å²) in [5.41, 5.74) is 1.65. The van der Waals surface area contributed by atoms with Gasteiger partial charge in [-0.15, -0.1) is 0 Å². The van der Waals surface area contributed by atoms with Crippen LogP contribution in [0.1, 0.15) is 36.8 Å². The third-order valence-corrected chi connectivity index (χ3v) is 3.93. The average Bonchev–Trinajstić information content (AvgIpc) is 2.53. The number of hydrogen-bond donors (Lipinski definition) is 1. The summed E-state index contributed by atoms with van der Waals surface area (Å²) in [7, 11) is 0. The molecule has 2 rings (SSSR count). The van der Waals surface area contributed by atoms with Gasteiger partial charge >= 0.3 is 0 Å². The van der Waals surface area contributed by atoms with Gasteiger partial charge in [0.15, 0.2) is 0 Å². The monoisotopic (exact) mass is 300 g/mol. The van der Waals surface area contributed by atoms with E-state index in [9.17, 15) is 14.3 Å². The van der Waals surface area contributed by atoms with Crippen molar-refractivity contribution in [1.82, 2.24) is 0 Å². The summed E-state index contributed by atoms with van der Waals surface area (Å²) in [6.07, 6.45) is 0. The first-order valence-electron chi connectivity index (χ1n) is 7.49. The van der Waals surface area contributed by atoms with Crippen LogP contribution in [0.5, 0.6) is 0 Å². The van der Waals surface area contributed by atoms with Gasteiger partial charge in [-0.3, -0.25) is 4.79 Å². The van der Waals surface area contributed by atoms with Crippen LogP contribution in [0.4, 0.5) is 4.39 Å². The van der Waals surface area contributed by atoms with Crippen LogP contribution in [0.2, 0.25) is 0 Å². The maximum atomic E-state index is 13.1. The summed E-state index contributed by atoms with van der Waals surface area (Å²) >= 11 is 0. The number of hydrogen-bond acceptors (Lipinski definition) is 2. The van der Waals surface area contributed by atoms with Crippen molar-refractivity contribution in [3.63, 3.8) is 0 Å². The number of rotatable bonds is 6. The molecule has 0 aliphatic heterocycles. The van der Waals surface area contributed by atoms with Gasteiger partial charge in [-0.25, -0.2) is 4.39 Å². The van der Waals surface area contributed by atoms with Crippen LogP contribution in [0, 0.1) is 11.7 Å². The van der Waals surface area contributed by atoms with Crippen molar-refractivity contribution in [3.05, 3.63) is 71.5 Å². The third kappa shape index (κ3) is 3.60. The van der Waals surface area contributed by atoms with Crippen molar-refractivity contribution in [2.45, 2.75) is 25.7 Å². The first kappa shape index (κ1) is 16.4. The van der Waals surface area contributed by atoms with E-state index >= 15 is 0 Å². The van der Waals surface area contributed by atoms with Gasteiger partial charge in [0.2, 0.25) is 0 Å². The van der Waals surface area contributed by atoms with Crippen LogP contribution in [0.25, 0.3) is 0 Å². The standard InChI is InChI=1S/C19H21FO2/c1-13(2)19(22)18(15-6-4-3-5-7-15)17(12-21)14-8-10-16(20)11-9-14/h3-11,13,17-18,21H,12H2,1-2H3. The molecule has 0 aliphatic rings. The minimum Gasteiger partial charge on any atom is -0.396 e. The Kier molecular flexibility index (Phi) is 5.45. The number of aliphatic hydroxyl groups is 1. The van der Waals surface area contributed by atoms with Crippen molar-refractivity contribution in [3.8, 4) is 0 Å². The first-order valence-corrected chi connectivity index (χ1v) is 7.49. The smallest absolute Gasteiger partial charge is 0.143 e. The van der Waals surface area contributed by atoms with Gasteiger partial charge in [0, 0.05) is 11.8 Å². The molecule has 0 amide bonds. The average molecular weight is 300 g/mol. The van der Waals surface area contributed by atoms with E-state index in [1.165, 1.54) is 12.1 Å². The highest BCUT2D eigenvalue weighted by molar-refractivity contribution is 5.88. The fourth-order valence-electron chi connectivity index (χ4n) is 2.73. The number of halogens is 1. The summed E-state index contributed by atoms with van der Waals surface area (Å²) in [5, 5.41) is 9.87. The summed E-state index contributed by atoms with van der Waals surface area (Å²) in [6.45, 7) is 3.55. The molecule has 2 aromatic carbocycles. The van der Waals surface area contributed by atoms with E-state index in [0.29, 0.717) is 0 Å². The molecule has 22 heavy (non-hydrogen) atoms. The summed E-state index contributed by atoms with van der Waals surface area (Å²) in [5.74, 6) is -1.20. The van der Waals surface area contributed by atoms with Gasteiger partial charge in [-0.1, -0.05) is 56.3 Å². The van der Waals surface area contributed by atoms with Gasteiger partial charge < -0.3 is 5.11 Å².